The molecule has 38 heavy (non-hydrogen) atoms. The fourth-order valence-corrected chi connectivity index (χ4v) is 7.66. The maximum absolute atomic E-state index is 14.3. The molecule has 5 rings (SSSR count). The van der Waals surface area contributed by atoms with Gasteiger partial charge in [-0.05, 0) is 44.1 Å². The maximum Gasteiger partial charge on any atom is 0.246 e. The first-order valence-corrected chi connectivity index (χ1v) is 14.5. The Morgan fingerprint density at radius 2 is 1.84 bits per heavy atom. The molecule has 0 radical (unpaired) electrons. The number of amides is 3. The molecule has 8 heteroatoms. The van der Waals surface area contributed by atoms with E-state index in [-0.39, 0.29) is 36.3 Å². The highest BCUT2D eigenvalue weighted by molar-refractivity contribution is 5.99. The lowest BCUT2D eigenvalue weighted by atomic mass is 9.66. The Kier molecular flexibility index (Phi) is 7.57. The highest BCUT2D eigenvalue weighted by Gasteiger charge is 2.78. The first-order chi connectivity index (χ1) is 18.3. The lowest BCUT2D eigenvalue weighted by Gasteiger charge is -2.40. The van der Waals surface area contributed by atoms with Crippen molar-refractivity contribution in [1.29, 1.82) is 0 Å². The SMILES string of the molecule is CC[C@H](C)[C@H](CO)N1C(=O)[C@@H]2[C@@H](C(=O)NCc3ccccc3)[C@@]3(C)CCC2(O3)C1C(=O)NC1CCCCC1. The van der Waals surface area contributed by atoms with Crippen LogP contribution in [0.4, 0.5) is 0 Å². The van der Waals surface area contributed by atoms with Gasteiger partial charge in [0.25, 0.3) is 0 Å². The lowest BCUT2D eigenvalue weighted by Crippen LogP contribution is -2.60. The molecule has 4 fully saturated rings. The van der Waals surface area contributed by atoms with Crippen molar-refractivity contribution in [3.8, 4) is 0 Å². The van der Waals surface area contributed by atoms with Crippen molar-refractivity contribution in [3.63, 3.8) is 0 Å². The zero-order valence-corrected chi connectivity index (χ0v) is 22.9. The van der Waals surface area contributed by atoms with Crippen molar-refractivity contribution < 1.29 is 24.2 Å². The van der Waals surface area contributed by atoms with Crippen LogP contribution in [0.2, 0.25) is 0 Å². The summed E-state index contributed by atoms with van der Waals surface area (Å²) < 4.78 is 6.72. The minimum atomic E-state index is -1.07. The van der Waals surface area contributed by atoms with Crippen molar-refractivity contribution in [2.24, 2.45) is 17.8 Å². The Morgan fingerprint density at radius 1 is 1.13 bits per heavy atom. The van der Waals surface area contributed by atoms with Crippen LogP contribution in [0.1, 0.15) is 77.7 Å². The van der Waals surface area contributed by atoms with Gasteiger partial charge < -0.3 is 25.4 Å². The van der Waals surface area contributed by atoms with E-state index < -0.39 is 35.1 Å². The zero-order chi connectivity index (χ0) is 27.1. The molecule has 2 unspecified atom stereocenters. The molecular formula is C30H43N3O5. The Balaban J connectivity index is 1.48. The minimum Gasteiger partial charge on any atom is -0.394 e. The monoisotopic (exact) mass is 525 g/mol. The molecule has 3 heterocycles. The number of ether oxygens (including phenoxy) is 1. The molecule has 208 valence electrons. The first kappa shape index (κ1) is 27.1. The zero-order valence-electron chi connectivity index (χ0n) is 22.9. The fourth-order valence-electron chi connectivity index (χ4n) is 7.66. The van der Waals surface area contributed by atoms with Crippen LogP contribution in [0.3, 0.4) is 0 Å². The number of carbonyl (C=O) groups excluding carboxylic acids is 3. The van der Waals surface area contributed by atoms with Crippen molar-refractivity contribution in [2.45, 2.75) is 108 Å². The van der Waals surface area contributed by atoms with Crippen LogP contribution >= 0.6 is 0 Å². The van der Waals surface area contributed by atoms with E-state index in [4.69, 9.17) is 4.74 Å². The molecule has 1 aromatic carbocycles. The summed E-state index contributed by atoms with van der Waals surface area (Å²) in [4.78, 5) is 43.7. The number of carbonyl (C=O) groups is 3. The highest BCUT2D eigenvalue weighted by atomic mass is 16.5. The van der Waals surface area contributed by atoms with Crippen molar-refractivity contribution in [2.75, 3.05) is 6.61 Å². The number of aliphatic hydroxyl groups excluding tert-OH is 1. The average Bonchev–Trinajstić information content (AvgIpc) is 3.49. The molecule has 3 amide bonds. The van der Waals surface area contributed by atoms with Gasteiger partial charge in [0.2, 0.25) is 17.7 Å². The van der Waals surface area contributed by atoms with Crippen LogP contribution in [0.25, 0.3) is 0 Å². The summed E-state index contributed by atoms with van der Waals surface area (Å²) in [6.07, 6.45) is 7.10. The number of hydrogen-bond acceptors (Lipinski definition) is 5. The van der Waals surface area contributed by atoms with E-state index >= 15 is 0 Å². The van der Waals surface area contributed by atoms with Crippen LogP contribution in [0, 0.1) is 17.8 Å². The van der Waals surface area contributed by atoms with E-state index in [2.05, 4.69) is 10.6 Å². The summed E-state index contributed by atoms with van der Waals surface area (Å²) in [7, 11) is 0. The number of fused-ring (bicyclic) bond motifs is 1. The number of aliphatic hydroxyl groups is 1. The third-order valence-electron chi connectivity index (χ3n) is 9.85. The number of likely N-dealkylation sites (tertiary alicyclic amines) is 1. The summed E-state index contributed by atoms with van der Waals surface area (Å²) >= 11 is 0. The molecular weight excluding hydrogens is 482 g/mol. The Bertz CT molecular complexity index is 1040. The standard InChI is InChI=1S/C30H43N3O5/c1-4-19(2)22(18-34)33-25(27(36)32-21-13-9-6-10-14-21)30-16-15-29(3,38-30)23(24(30)28(33)37)26(35)31-17-20-11-7-5-8-12-20/h5,7-8,11-12,19,21-25,34H,4,6,9-10,13-18H2,1-3H3,(H,31,35)(H,32,36)/t19-,22-,23-,24-,25?,29+,30?/m0/s1. The Labute approximate surface area is 225 Å². The molecule has 2 bridgehead atoms. The minimum absolute atomic E-state index is 0.0118. The molecule has 1 spiro atoms. The molecule has 1 aliphatic carbocycles. The summed E-state index contributed by atoms with van der Waals surface area (Å²) in [5.74, 6) is -2.12. The van der Waals surface area contributed by atoms with Crippen molar-refractivity contribution >= 4 is 17.7 Å². The quantitative estimate of drug-likeness (QED) is 0.460. The van der Waals surface area contributed by atoms with E-state index in [1.165, 1.54) is 6.42 Å². The van der Waals surface area contributed by atoms with Gasteiger partial charge in [-0.1, -0.05) is 69.9 Å². The van der Waals surface area contributed by atoms with E-state index in [0.29, 0.717) is 19.4 Å². The third-order valence-corrected chi connectivity index (χ3v) is 9.85. The molecule has 3 aliphatic heterocycles. The van der Waals surface area contributed by atoms with Crippen molar-refractivity contribution in [1.82, 2.24) is 15.5 Å². The summed E-state index contributed by atoms with van der Waals surface area (Å²) in [6.45, 7) is 6.06. The number of nitrogens with one attached hydrogen (secondary N) is 2. The van der Waals surface area contributed by atoms with Gasteiger partial charge in [-0.15, -0.1) is 0 Å². The van der Waals surface area contributed by atoms with Crippen LogP contribution in [-0.4, -0.2) is 63.7 Å². The van der Waals surface area contributed by atoms with Gasteiger partial charge in [-0.25, -0.2) is 0 Å². The van der Waals surface area contributed by atoms with Crippen LogP contribution in [0.5, 0.6) is 0 Å². The van der Waals surface area contributed by atoms with E-state index in [9.17, 15) is 19.5 Å². The first-order valence-electron chi connectivity index (χ1n) is 14.5. The predicted molar refractivity (Wildman–Crippen MR) is 143 cm³/mol. The molecule has 1 aromatic rings. The smallest absolute Gasteiger partial charge is 0.246 e. The molecule has 1 saturated carbocycles. The normalized spacial score (nSPS) is 34.2. The van der Waals surface area contributed by atoms with Crippen LogP contribution in [-0.2, 0) is 25.7 Å². The molecule has 7 atom stereocenters. The number of benzene rings is 1. The summed E-state index contributed by atoms with van der Waals surface area (Å²) in [6, 6.07) is 8.39. The topological polar surface area (TPSA) is 108 Å². The van der Waals surface area contributed by atoms with Gasteiger partial charge in [0.1, 0.15) is 11.6 Å². The average molecular weight is 526 g/mol. The lowest BCUT2D eigenvalue weighted by molar-refractivity contribution is -0.151. The molecule has 0 aromatic heterocycles. The second-order valence-electron chi connectivity index (χ2n) is 12.2. The summed E-state index contributed by atoms with van der Waals surface area (Å²) in [5, 5.41) is 16.7. The van der Waals surface area contributed by atoms with Crippen LogP contribution < -0.4 is 10.6 Å². The van der Waals surface area contributed by atoms with Gasteiger partial charge in [0.15, 0.2) is 0 Å². The van der Waals surface area contributed by atoms with Gasteiger partial charge in [0.05, 0.1) is 30.1 Å². The van der Waals surface area contributed by atoms with Gasteiger partial charge in [0, 0.05) is 12.6 Å². The Hall–Kier alpha value is -2.45. The fraction of sp³-hybridized carbons (Fsp3) is 0.700. The van der Waals surface area contributed by atoms with E-state index in [0.717, 1.165) is 37.7 Å². The van der Waals surface area contributed by atoms with Crippen molar-refractivity contribution in [3.05, 3.63) is 35.9 Å². The Morgan fingerprint density at radius 3 is 2.50 bits per heavy atom. The predicted octanol–water partition coefficient (Wildman–Crippen LogP) is 2.92. The number of rotatable bonds is 9. The highest BCUT2D eigenvalue weighted by Crippen LogP contribution is 2.63. The van der Waals surface area contributed by atoms with Gasteiger partial charge in [-0.3, -0.25) is 14.4 Å². The second kappa shape index (κ2) is 10.6. The largest absolute Gasteiger partial charge is 0.394 e. The number of nitrogens with zero attached hydrogens (tertiary/aromatic N) is 1. The molecule has 3 saturated heterocycles. The second-order valence-corrected chi connectivity index (χ2v) is 12.2. The third kappa shape index (κ3) is 4.43. The maximum atomic E-state index is 14.3. The molecule has 3 N–H and O–H groups in total. The molecule has 8 nitrogen and oxygen atoms in total. The molecule has 4 aliphatic rings. The van der Waals surface area contributed by atoms with Gasteiger partial charge >= 0.3 is 0 Å². The number of hydrogen-bond donors (Lipinski definition) is 3. The van der Waals surface area contributed by atoms with Gasteiger partial charge in [-0.2, -0.15) is 0 Å². The van der Waals surface area contributed by atoms with Crippen LogP contribution in [0.15, 0.2) is 30.3 Å². The van der Waals surface area contributed by atoms with E-state index in [1.807, 2.05) is 51.1 Å². The van der Waals surface area contributed by atoms with E-state index in [1.54, 1.807) is 4.90 Å². The summed E-state index contributed by atoms with van der Waals surface area (Å²) in [5.41, 5.74) is -0.909.